The van der Waals surface area contributed by atoms with Crippen LogP contribution in [0, 0.1) is 0 Å². The Morgan fingerprint density at radius 3 is 1.08 bits per heavy atom. The van der Waals surface area contributed by atoms with Crippen molar-refractivity contribution in [2.45, 2.75) is 61.8 Å². The molecule has 1 aliphatic rings. The van der Waals surface area contributed by atoms with E-state index in [1.807, 2.05) is 0 Å². The minimum absolute atomic E-state index is 0. The second-order valence-corrected chi connectivity index (χ2v) is 11.0. The van der Waals surface area contributed by atoms with Crippen LogP contribution in [0.2, 0.25) is 10.5 Å². The molecule has 1 aliphatic heterocycles. The Morgan fingerprint density at radius 1 is 0.520 bits per heavy atom. The molecule has 0 aromatic heterocycles. The molecule has 0 saturated carbocycles. The third-order valence-electron chi connectivity index (χ3n) is 4.61. The molecule has 25 heavy (non-hydrogen) atoms. The first-order valence-corrected chi connectivity index (χ1v) is 13.8. The Bertz CT molecular complexity index is 241. The molecule has 0 aromatic rings. The summed E-state index contributed by atoms with van der Waals surface area (Å²) < 4.78 is 2.82. The number of halogens is 2. The molecule has 0 atom stereocenters. The van der Waals surface area contributed by atoms with E-state index in [1.165, 1.54) is 104 Å². The number of hydrogen-bond donors (Lipinski definition) is 3. The molecular formula is C18H43Cl2N4Ti. The van der Waals surface area contributed by atoms with Gasteiger partial charge in [-0.15, -0.1) is 24.8 Å². The van der Waals surface area contributed by atoms with E-state index in [4.69, 9.17) is 0 Å². The van der Waals surface area contributed by atoms with Crippen molar-refractivity contribution >= 4 is 24.8 Å². The molecule has 0 aliphatic carbocycles. The second-order valence-electron chi connectivity index (χ2n) is 7.01. The quantitative estimate of drug-likeness (QED) is 0.551. The summed E-state index contributed by atoms with van der Waals surface area (Å²) in [6.45, 7) is 9.82. The number of rotatable bonds is 1. The van der Waals surface area contributed by atoms with Crippen LogP contribution in [0.3, 0.4) is 0 Å². The van der Waals surface area contributed by atoms with Gasteiger partial charge in [0.25, 0.3) is 0 Å². The van der Waals surface area contributed by atoms with Crippen LogP contribution in [0.25, 0.3) is 0 Å². The zero-order chi connectivity index (χ0) is 16.6. The van der Waals surface area contributed by atoms with Gasteiger partial charge in [-0.2, -0.15) is 0 Å². The molecule has 0 bridgehead atoms. The summed E-state index contributed by atoms with van der Waals surface area (Å²) >= 11 is -0.900. The van der Waals surface area contributed by atoms with Gasteiger partial charge in [0, 0.05) is 0 Å². The van der Waals surface area contributed by atoms with Crippen LogP contribution in [-0.2, 0) is 18.1 Å². The van der Waals surface area contributed by atoms with Gasteiger partial charge >= 0.3 is 152 Å². The molecule has 3 N–H and O–H groups in total. The molecule has 0 spiro atoms. The number of nitrogens with one attached hydrogen (secondary N) is 3. The fourth-order valence-electron chi connectivity index (χ4n) is 3.04. The van der Waals surface area contributed by atoms with E-state index in [-0.39, 0.29) is 24.8 Å². The van der Waals surface area contributed by atoms with Crippen molar-refractivity contribution in [3.63, 3.8) is 0 Å². The van der Waals surface area contributed by atoms with Gasteiger partial charge in [-0.25, -0.2) is 0 Å². The van der Waals surface area contributed by atoms with Crippen LogP contribution in [0.4, 0.5) is 0 Å². The van der Waals surface area contributed by atoms with Gasteiger partial charge < -0.3 is 0 Å². The maximum absolute atomic E-state index is 3.61. The van der Waals surface area contributed by atoms with E-state index in [1.54, 1.807) is 0 Å². The Balaban J connectivity index is 0. The standard InChI is InChI=1S/C16H35N4.2CH3.2ClH.Ti/c1-2-10-18-12-5-6-14-20-16-8-7-15-19-13-4-3-11-17-9-1;;;;;/h17-19H,1-16H2;2*1H3;2*1H;/q-1;;;;;+1. The summed E-state index contributed by atoms with van der Waals surface area (Å²) in [5, 5.41) is 15.8. The van der Waals surface area contributed by atoms with Crippen LogP contribution in [0.5, 0.6) is 0 Å². The zero-order valence-electron chi connectivity index (χ0n) is 16.6. The van der Waals surface area contributed by atoms with Gasteiger partial charge in [0.2, 0.25) is 0 Å². The molecular weight excluding hydrogens is 391 g/mol. The van der Waals surface area contributed by atoms with E-state index >= 15 is 0 Å². The van der Waals surface area contributed by atoms with Crippen LogP contribution in [0.1, 0.15) is 51.4 Å². The van der Waals surface area contributed by atoms with Gasteiger partial charge in [0.1, 0.15) is 0 Å². The molecule has 0 unspecified atom stereocenters. The fourth-order valence-corrected chi connectivity index (χ4v) is 4.93. The Labute approximate surface area is 176 Å². The monoisotopic (exact) mass is 433 g/mol. The Morgan fingerprint density at radius 2 is 0.800 bits per heavy atom. The summed E-state index contributed by atoms with van der Waals surface area (Å²) in [7, 11) is 0. The molecule has 1 saturated heterocycles. The summed E-state index contributed by atoms with van der Waals surface area (Å²) in [6, 6.07) is 0. The Hall–Kier alpha value is 1.13. The number of nitrogens with zero attached hydrogens (tertiary/aromatic N) is 1. The average molecular weight is 434 g/mol. The first-order chi connectivity index (χ1) is 11.3. The van der Waals surface area contributed by atoms with Crippen LogP contribution >= 0.6 is 24.8 Å². The first-order valence-electron chi connectivity index (χ1n) is 9.98. The van der Waals surface area contributed by atoms with E-state index < -0.39 is 18.1 Å². The molecule has 153 valence electrons. The van der Waals surface area contributed by atoms with Crippen LogP contribution < -0.4 is 16.0 Å². The average Bonchev–Trinajstić information content (AvgIpc) is 2.53. The van der Waals surface area contributed by atoms with Crippen molar-refractivity contribution in [3.05, 3.63) is 0 Å². The van der Waals surface area contributed by atoms with E-state index in [0.29, 0.717) is 0 Å². The van der Waals surface area contributed by atoms with Crippen molar-refractivity contribution in [1.82, 2.24) is 19.3 Å². The molecule has 0 amide bonds. The van der Waals surface area contributed by atoms with Crippen molar-refractivity contribution in [3.8, 4) is 0 Å². The molecule has 1 rings (SSSR count). The van der Waals surface area contributed by atoms with E-state index in [0.717, 1.165) is 0 Å². The van der Waals surface area contributed by atoms with Crippen LogP contribution in [0.15, 0.2) is 0 Å². The predicted molar refractivity (Wildman–Crippen MR) is 113 cm³/mol. The molecule has 4 nitrogen and oxygen atoms in total. The molecule has 0 aromatic carbocycles. The SMILES string of the molecule is Cl.Cl.[CH3][Ti]([CH3])[N]1CCCCNCCCCNCCCCNCCCC1. The Kier molecular flexibility index (Phi) is 24.3. The molecule has 1 fully saturated rings. The summed E-state index contributed by atoms with van der Waals surface area (Å²) in [4.78, 5) is 0. The van der Waals surface area contributed by atoms with Crippen molar-refractivity contribution in [1.29, 1.82) is 0 Å². The van der Waals surface area contributed by atoms with Crippen molar-refractivity contribution in [2.24, 2.45) is 0 Å². The summed E-state index contributed by atoms with van der Waals surface area (Å²) in [5.74, 6) is 0. The summed E-state index contributed by atoms with van der Waals surface area (Å²) in [5.41, 5.74) is 0. The minimum atomic E-state index is -0.900. The topological polar surface area (TPSA) is 39.3 Å². The van der Waals surface area contributed by atoms with Gasteiger partial charge in [-0.05, 0) is 0 Å². The second kappa shape index (κ2) is 21.4. The third-order valence-corrected chi connectivity index (χ3v) is 7.28. The van der Waals surface area contributed by atoms with Crippen LogP contribution in [-0.4, -0.2) is 55.7 Å². The molecule has 1 heterocycles. The fraction of sp³-hybridized carbons (Fsp3) is 1.00. The third kappa shape index (κ3) is 18.3. The predicted octanol–water partition coefficient (Wildman–Crippen LogP) is 3.66. The normalized spacial score (nSPS) is 21.4. The zero-order valence-corrected chi connectivity index (χ0v) is 19.8. The van der Waals surface area contributed by atoms with Gasteiger partial charge in [-0.3, -0.25) is 0 Å². The summed E-state index contributed by atoms with van der Waals surface area (Å²) in [6.07, 6.45) is 10.6. The van der Waals surface area contributed by atoms with Gasteiger partial charge in [0.05, 0.1) is 0 Å². The van der Waals surface area contributed by atoms with E-state index in [9.17, 15) is 0 Å². The first kappa shape index (κ1) is 28.3. The number of hydrogen-bond acceptors (Lipinski definition) is 4. The van der Waals surface area contributed by atoms with E-state index in [2.05, 4.69) is 29.8 Å². The maximum atomic E-state index is 3.61. The van der Waals surface area contributed by atoms with Gasteiger partial charge in [0.15, 0.2) is 0 Å². The van der Waals surface area contributed by atoms with Crippen molar-refractivity contribution < 1.29 is 18.1 Å². The van der Waals surface area contributed by atoms with Gasteiger partial charge in [-0.1, -0.05) is 0 Å². The van der Waals surface area contributed by atoms with Crippen molar-refractivity contribution in [2.75, 3.05) is 52.4 Å². The molecule has 7 heteroatoms. The molecule has 0 radical (unpaired) electrons.